The van der Waals surface area contributed by atoms with Crippen LogP contribution in [0.2, 0.25) is 0 Å². The molecular weight excluding hydrogens is 288 g/mol. The van der Waals surface area contributed by atoms with Crippen LogP contribution >= 0.6 is 0 Å². The number of hydrogen-bond donors (Lipinski definition) is 1. The van der Waals surface area contributed by atoms with E-state index < -0.39 is 6.05 Å². The fourth-order valence-corrected chi connectivity index (χ4v) is 1.91. The maximum absolute atomic E-state index is 13.9. The SMILES string of the molecule is COc1ccc(/C=C/C(F)(F)Nc2ccccc2)cc1OC. The summed E-state index contributed by atoms with van der Waals surface area (Å²) in [7, 11) is 3.02. The Kier molecular flexibility index (Phi) is 4.99. The number of ether oxygens (including phenoxy) is 2. The van der Waals surface area contributed by atoms with Gasteiger partial charge in [-0.3, -0.25) is 0 Å². The van der Waals surface area contributed by atoms with Crippen molar-refractivity contribution in [2.75, 3.05) is 19.5 Å². The van der Waals surface area contributed by atoms with Crippen LogP contribution in [-0.2, 0) is 0 Å². The van der Waals surface area contributed by atoms with E-state index >= 15 is 0 Å². The Morgan fingerprint density at radius 2 is 1.64 bits per heavy atom. The van der Waals surface area contributed by atoms with Gasteiger partial charge in [-0.1, -0.05) is 30.3 Å². The van der Waals surface area contributed by atoms with Gasteiger partial charge in [0.05, 0.1) is 14.2 Å². The summed E-state index contributed by atoms with van der Waals surface area (Å²) in [5.74, 6) is 1.04. The van der Waals surface area contributed by atoms with E-state index in [1.807, 2.05) is 0 Å². The Balaban J connectivity index is 2.13. The highest BCUT2D eigenvalue weighted by Gasteiger charge is 2.24. The molecule has 0 aliphatic rings. The van der Waals surface area contributed by atoms with Crippen LogP contribution in [0.3, 0.4) is 0 Å². The molecule has 0 atom stereocenters. The van der Waals surface area contributed by atoms with Crippen molar-refractivity contribution in [3.8, 4) is 11.5 Å². The highest BCUT2D eigenvalue weighted by Crippen LogP contribution is 2.29. The first-order chi connectivity index (χ1) is 10.5. The largest absolute Gasteiger partial charge is 0.493 e. The quantitative estimate of drug-likeness (QED) is 0.801. The molecule has 0 aliphatic heterocycles. The zero-order chi connectivity index (χ0) is 16.0. The Bertz CT molecular complexity index is 642. The molecule has 0 amide bonds. The summed E-state index contributed by atoms with van der Waals surface area (Å²) in [5, 5.41) is 2.16. The molecule has 3 nitrogen and oxygen atoms in total. The lowest BCUT2D eigenvalue weighted by Gasteiger charge is -2.15. The van der Waals surface area contributed by atoms with Gasteiger partial charge in [0, 0.05) is 11.8 Å². The monoisotopic (exact) mass is 305 g/mol. The lowest BCUT2D eigenvalue weighted by atomic mass is 10.2. The normalized spacial score (nSPS) is 11.5. The fourth-order valence-electron chi connectivity index (χ4n) is 1.91. The number of nitrogens with one attached hydrogen (secondary N) is 1. The van der Waals surface area contributed by atoms with Crippen LogP contribution in [0.4, 0.5) is 14.5 Å². The molecular formula is C17H17F2NO2. The molecule has 0 radical (unpaired) electrons. The summed E-state index contributed by atoms with van der Waals surface area (Å²) in [6, 6.07) is 10.1. The molecule has 0 saturated heterocycles. The van der Waals surface area contributed by atoms with Crippen LogP contribution in [0.1, 0.15) is 5.56 Å². The van der Waals surface area contributed by atoms with Gasteiger partial charge >= 0.3 is 6.05 Å². The Hall–Kier alpha value is -2.56. The number of methoxy groups -OCH3 is 2. The Labute approximate surface area is 128 Å². The molecule has 0 aromatic heterocycles. The first-order valence-electron chi connectivity index (χ1n) is 6.66. The zero-order valence-corrected chi connectivity index (χ0v) is 12.3. The number of rotatable bonds is 6. The van der Waals surface area contributed by atoms with E-state index in [2.05, 4.69) is 5.32 Å². The van der Waals surface area contributed by atoms with Gasteiger partial charge in [-0.05, 0) is 29.8 Å². The number of alkyl halides is 2. The lowest BCUT2D eigenvalue weighted by Crippen LogP contribution is -2.24. The molecule has 0 saturated carbocycles. The van der Waals surface area contributed by atoms with E-state index in [-0.39, 0.29) is 0 Å². The number of halogens is 2. The second-order valence-electron chi connectivity index (χ2n) is 4.56. The van der Waals surface area contributed by atoms with Crippen molar-refractivity contribution < 1.29 is 18.3 Å². The number of benzene rings is 2. The third kappa shape index (κ3) is 4.22. The van der Waals surface area contributed by atoms with Gasteiger partial charge in [-0.25, -0.2) is 0 Å². The average molecular weight is 305 g/mol. The number of anilines is 1. The topological polar surface area (TPSA) is 30.5 Å². The minimum atomic E-state index is -3.16. The van der Waals surface area contributed by atoms with Gasteiger partial charge in [0.25, 0.3) is 0 Å². The van der Waals surface area contributed by atoms with E-state index in [4.69, 9.17) is 9.47 Å². The summed E-state index contributed by atoms with van der Waals surface area (Å²) in [6.07, 6.45) is 2.14. The zero-order valence-electron chi connectivity index (χ0n) is 12.3. The third-order valence-electron chi connectivity index (χ3n) is 2.98. The van der Waals surface area contributed by atoms with Gasteiger partial charge in [0.2, 0.25) is 0 Å². The molecule has 1 N–H and O–H groups in total. The maximum atomic E-state index is 13.9. The van der Waals surface area contributed by atoms with E-state index in [1.54, 1.807) is 48.5 Å². The van der Waals surface area contributed by atoms with Gasteiger partial charge < -0.3 is 14.8 Å². The summed E-state index contributed by atoms with van der Waals surface area (Å²) in [4.78, 5) is 0. The van der Waals surface area contributed by atoms with Crippen LogP contribution in [0, 0.1) is 0 Å². The summed E-state index contributed by atoms with van der Waals surface area (Å²) >= 11 is 0. The molecule has 0 fully saturated rings. The van der Waals surface area contributed by atoms with E-state index in [9.17, 15) is 8.78 Å². The molecule has 0 unspecified atom stereocenters. The molecule has 116 valence electrons. The van der Waals surface area contributed by atoms with Crippen LogP contribution in [-0.4, -0.2) is 20.3 Å². The first-order valence-corrected chi connectivity index (χ1v) is 6.66. The van der Waals surface area contributed by atoms with Crippen LogP contribution in [0.5, 0.6) is 11.5 Å². The Morgan fingerprint density at radius 1 is 0.955 bits per heavy atom. The summed E-state index contributed by atoms with van der Waals surface area (Å²) < 4.78 is 38.0. The fraction of sp³-hybridized carbons (Fsp3) is 0.176. The van der Waals surface area contributed by atoms with Crippen molar-refractivity contribution >= 4 is 11.8 Å². The van der Waals surface area contributed by atoms with E-state index in [0.29, 0.717) is 22.7 Å². The summed E-state index contributed by atoms with van der Waals surface area (Å²) in [5.41, 5.74) is 0.941. The van der Waals surface area contributed by atoms with Crippen LogP contribution in [0.25, 0.3) is 6.08 Å². The standard InChI is InChI=1S/C17H17F2NO2/c1-21-15-9-8-13(12-16(15)22-2)10-11-17(18,19)20-14-6-4-3-5-7-14/h3-12,20H,1-2H3/b11-10+. The lowest BCUT2D eigenvalue weighted by molar-refractivity contribution is 0.0890. The highest BCUT2D eigenvalue weighted by atomic mass is 19.3. The second-order valence-corrected chi connectivity index (χ2v) is 4.56. The van der Waals surface area contributed by atoms with Crippen molar-refractivity contribution in [3.63, 3.8) is 0 Å². The Morgan fingerprint density at radius 3 is 2.27 bits per heavy atom. The molecule has 0 aliphatic carbocycles. The molecule has 0 heterocycles. The van der Waals surface area contributed by atoms with Crippen LogP contribution < -0.4 is 14.8 Å². The molecule has 2 aromatic carbocycles. The molecule has 2 aromatic rings. The first kappa shape index (κ1) is 15.8. The molecule has 0 bridgehead atoms. The predicted molar refractivity (Wildman–Crippen MR) is 83.6 cm³/mol. The third-order valence-corrected chi connectivity index (χ3v) is 2.98. The van der Waals surface area contributed by atoms with E-state index in [1.165, 1.54) is 20.3 Å². The smallest absolute Gasteiger partial charge is 0.343 e. The number of hydrogen-bond acceptors (Lipinski definition) is 3. The molecule has 5 heteroatoms. The minimum absolute atomic E-state index is 0.351. The minimum Gasteiger partial charge on any atom is -0.493 e. The molecule has 22 heavy (non-hydrogen) atoms. The average Bonchev–Trinajstić information content (AvgIpc) is 2.53. The predicted octanol–water partition coefficient (Wildman–Crippen LogP) is 4.42. The van der Waals surface area contributed by atoms with Crippen molar-refractivity contribution in [2.24, 2.45) is 0 Å². The number of para-hydroxylation sites is 1. The van der Waals surface area contributed by atoms with Gasteiger partial charge in [-0.2, -0.15) is 8.78 Å². The second kappa shape index (κ2) is 6.93. The van der Waals surface area contributed by atoms with Crippen molar-refractivity contribution in [1.29, 1.82) is 0 Å². The van der Waals surface area contributed by atoms with Crippen LogP contribution in [0.15, 0.2) is 54.6 Å². The van der Waals surface area contributed by atoms with Crippen molar-refractivity contribution in [2.45, 2.75) is 6.05 Å². The summed E-state index contributed by atoms with van der Waals surface area (Å²) in [6.45, 7) is 0. The van der Waals surface area contributed by atoms with Gasteiger partial charge in [0.1, 0.15) is 0 Å². The van der Waals surface area contributed by atoms with Gasteiger partial charge in [0.15, 0.2) is 11.5 Å². The molecule has 0 spiro atoms. The highest BCUT2D eigenvalue weighted by molar-refractivity contribution is 5.57. The van der Waals surface area contributed by atoms with Gasteiger partial charge in [-0.15, -0.1) is 0 Å². The molecule has 2 rings (SSSR count). The van der Waals surface area contributed by atoms with Crippen molar-refractivity contribution in [1.82, 2.24) is 0 Å². The van der Waals surface area contributed by atoms with Crippen molar-refractivity contribution in [3.05, 3.63) is 60.2 Å². The maximum Gasteiger partial charge on any atom is 0.343 e. The van der Waals surface area contributed by atoms with E-state index in [0.717, 1.165) is 6.08 Å².